The van der Waals surface area contributed by atoms with Crippen LogP contribution in [0.25, 0.3) is 5.57 Å². The highest BCUT2D eigenvalue weighted by molar-refractivity contribution is 6.30. The maximum atomic E-state index is 6.05. The van der Waals surface area contributed by atoms with E-state index in [9.17, 15) is 0 Å². The molecule has 0 bridgehead atoms. The zero-order chi connectivity index (χ0) is 16.4. The molecule has 0 unspecified atom stereocenters. The second-order valence-corrected chi connectivity index (χ2v) is 6.79. The average molecular weight is 331 g/mol. The Balaban J connectivity index is 1.74. The summed E-state index contributed by atoms with van der Waals surface area (Å²) in [6.45, 7) is 0. The van der Waals surface area contributed by atoms with Crippen molar-refractivity contribution < 1.29 is 0 Å². The largest absolute Gasteiger partial charge is 0.0843 e. The van der Waals surface area contributed by atoms with Gasteiger partial charge in [0, 0.05) is 10.9 Å². The molecule has 3 aromatic rings. The van der Waals surface area contributed by atoms with E-state index in [2.05, 4.69) is 78.9 Å². The van der Waals surface area contributed by atoms with Crippen molar-refractivity contribution in [3.63, 3.8) is 0 Å². The summed E-state index contributed by atoms with van der Waals surface area (Å²) in [4.78, 5) is 0. The van der Waals surface area contributed by atoms with Gasteiger partial charge in [0.2, 0.25) is 0 Å². The summed E-state index contributed by atoms with van der Waals surface area (Å²) in [5.74, 6) is 0.901. The van der Waals surface area contributed by atoms with Gasteiger partial charge < -0.3 is 0 Å². The molecule has 0 saturated carbocycles. The molecule has 0 radical (unpaired) electrons. The minimum Gasteiger partial charge on any atom is -0.0843 e. The van der Waals surface area contributed by atoms with E-state index in [-0.39, 0.29) is 0 Å². The molecule has 4 rings (SSSR count). The molecule has 0 heterocycles. The van der Waals surface area contributed by atoms with Gasteiger partial charge in [-0.3, -0.25) is 0 Å². The maximum absolute atomic E-state index is 6.05. The molecule has 0 aliphatic heterocycles. The second-order valence-electron chi connectivity index (χ2n) is 6.36. The fraction of sp³-hybridized carbons (Fsp3) is 0.130. The Labute approximate surface area is 148 Å². The van der Waals surface area contributed by atoms with Crippen LogP contribution < -0.4 is 0 Å². The minimum atomic E-state index is 0.416. The molecule has 3 aromatic carbocycles. The zero-order valence-electron chi connectivity index (χ0n) is 13.4. The molecule has 24 heavy (non-hydrogen) atoms. The predicted octanol–water partition coefficient (Wildman–Crippen LogP) is 6.69. The van der Waals surface area contributed by atoms with Crippen LogP contribution in [0.1, 0.15) is 34.9 Å². The van der Waals surface area contributed by atoms with Crippen LogP contribution in [0.4, 0.5) is 0 Å². The van der Waals surface area contributed by atoms with E-state index in [1.54, 1.807) is 0 Å². The van der Waals surface area contributed by atoms with Gasteiger partial charge in [0.25, 0.3) is 0 Å². The van der Waals surface area contributed by atoms with Crippen LogP contribution in [0.5, 0.6) is 0 Å². The molecule has 0 amide bonds. The quantitative estimate of drug-likeness (QED) is 0.501. The van der Waals surface area contributed by atoms with E-state index in [4.69, 9.17) is 11.6 Å². The lowest BCUT2D eigenvalue weighted by molar-refractivity contribution is 0.668. The Hall–Kier alpha value is -2.31. The first kappa shape index (κ1) is 15.2. The molecule has 1 heteroatoms. The third-order valence-corrected chi connectivity index (χ3v) is 5.13. The summed E-state index contributed by atoms with van der Waals surface area (Å²) in [5, 5.41) is 0.788. The number of hydrogen-bond donors (Lipinski definition) is 0. The van der Waals surface area contributed by atoms with Crippen molar-refractivity contribution in [3.8, 4) is 0 Å². The Bertz CT molecular complexity index is 832. The summed E-state index contributed by atoms with van der Waals surface area (Å²) >= 11 is 6.05. The Kier molecular flexibility index (Phi) is 4.23. The first-order chi connectivity index (χ1) is 11.8. The standard InChI is InChI=1S/C23H19Cl/c24-21-13-11-17(12-14-21)20-15-22(18-7-3-1-4-8-18)23(16-20)19-9-5-2-6-10-19/h1-15,22-23H,16H2/t22-,23-/m0/s1. The SMILES string of the molecule is Clc1ccc(C2=C[C@@H](c3ccccc3)[C@H](c3ccccc3)C2)cc1. The summed E-state index contributed by atoms with van der Waals surface area (Å²) in [6, 6.07) is 29.9. The van der Waals surface area contributed by atoms with E-state index in [0.717, 1.165) is 11.4 Å². The normalized spacial score (nSPS) is 20.0. The van der Waals surface area contributed by atoms with Gasteiger partial charge in [-0.1, -0.05) is 90.5 Å². The lowest BCUT2D eigenvalue weighted by Gasteiger charge is -2.20. The molecule has 0 nitrogen and oxygen atoms in total. The Morgan fingerprint density at radius 2 is 1.25 bits per heavy atom. The molecule has 0 aromatic heterocycles. The van der Waals surface area contributed by atoms with Crippen LogP contribution in [-0.4, -0.2) is 0 Å². The number of allylic oxidation sites excluding steroid dienone is 2. The van der Waals surface area contributed by atoms with Crippen molar-refractivity contribution in [2.75, 3.05) is 0 Å². The molecule has 2 atom stereocenters. The number of rotatable bonds is 3. The van der Waals surface area contributed by atoms with Crippen molar-refractivity contribution >= 4 is 17.2 Å². The van der Waals surface area contributed by atoms with Crippen LogP contribution >= 0.6 is 11.6 Å². The predicted molar refractivity (Wildman–Crippen MR) is 102 cm³/mol. The highest BCUT2D eigenvalue weighted by atomic mass is 35.5. The Morgan fingerprint density at radius 3 is 1.88 bits per heavy atom. The molecule has 0 spiro atoms. The smallest absolute Gasteiger partial charge is 0.0406 e. The van der Waals surface area contributed by atoms with Crippen molar-refractivity contribution in [1.29, 1.82) is 0 Å². The maximum Gasteiger partial charge on any atom is 0.0406 e. The van der Waals surface area contributed by atoms with Crippen LogP contribution in [0.15, 0.2) is 91.0 Å². The molecule has 0 N–H and O–H groups in total. The van der Waals surface area contributed by atoms with Crippen LogP contribution in [0, 0.1) is 0 Å². The molecular weight excluding hydrogens is 312 g/mol. The van der Waals surface area contributed by atoms with Crippen LogP contribution in [0.2, 0.25) is 5.02 Å². The van der Waals surface area contributed by atoms with Crippen molar-refractivity contribution in [3.05, 3.63) is 113 Å². The van der Waals surface area contributed by atoms with Gasteiger partial charge in [-0.15, -0.1) is 0 Å². The molecule has 1 aliphatic carbocycles. The van der Waals surface area contributed by atoms with Gasteiger partial charge >= 0.3 is 0 Å². The van der Waals surface area contributed by atoms with Crippen LogP contribution in [0.3, 0.4) is 0 Å². The fourth-order valence-electron chi connectivity index (χ4n) is 3.67. The fourth-order valence-corrected chi connectivity index (χ4v) is 3.80. The Morgan fingerprint density at radius 1 is 0.667 bits per heavy atom. The molecular formula is C23H19Cl. The number of hydrogen-bond acceptors (Lipinski definition) is 0. The summed E-state index contributed by atoms with van der Waals surface area (Å²) < 4.78 is 0. The average Bonchev–Trinajstić information content (AvgIpc) is 3.09. The second kappa shape index (κ2) is 6.67. The lowest BCUT2D eigenvalue weighted by Crippen LogP contribution is -2.04. The van der Waals surface area contributed by atoms with Gasteiger partial charge in [-0.2, -0.15) is 0 Å². The van der Waals surface area contributed by atoms with E-state index < -0.39 is 0 Å². The van der Waals surface area contributed by atoms with Crippen molar-refractivity contribution in [2.45, 2.75) is 18.3 Å². The topological polar surface area (TPSA) is 0 Å². The lowest BCUT2D eigenvalue weighted by atomic mass is 9.83. The highest BCUT2D eigenvalue weighted by Gasteiger charge is 2.30. The van der Waals surface area contributed by atoms with Crippen molar-refractivity contribution in [1.82, 2.24) is 0 Å². The van der Waals surface area contributed by atoms with E-state index in [0.29, 0.717) is 11.8 Å². The molecule has 0 fully saturated rings. The van der Waals surface area contributed by atoms with Gasteiger partial charge in [-0.05, 0) is 46.7 Å². The third kappa shape index (κ3) is 3.02. The van der Waals surface area contributed by atoms with Crippen molar-refractivity contribution in [2.24, 2.45) is 0 Å². The monoisotopic (exact) mass is 330 g/mol. The van der Waals surface area contributed by atoms with Gasteiger partial charge in [0.05, 0.1) is 0 Å². The minimum absolute atomic E-state index is 0.416. The summed E-state index contributed by atoms with van der Waals surface area (Å²) in [6.07, 6.45) is 3.50. The number of benzene rings is 3. The first-order valence-electron chi connectivity index (χ1n) is 8.38. The molecule has 118 valence electrons. The summed E-state index contributed by atoms with van der Waals surface area (Å²) in [7, 11) is 0. The third-order valence-electron chi connectivity index (χ3n) is 4.88. The van der Waals surface area contributed by atoms with E-state index in [1.165, 1.54) is 22.3 Å². The van der Waals surface area contributed by atoms with Gasteiger partial charge in [0.1, 0.15) is 0 Å². The van der Waals surface area contributed by atoms with E-state index >= 15 is 0 Å². The molecule has 1 aliphatic rings. The van der Waals surface area contributed by atoms with Crippen LogP contribution in [-0.2, 0) is 0 Å². The summed E-state index contributed by atoms with van der Waals surface area (Å²) in [5.41, 5.74) is 5.48. The van der Waals surface area contributed by atoms with Gasteiger partial charge in [-0.25, -0.2) is 0 Å². The number of halogens is 1. The first-order valence-corrected chi connectivity index (χ1v) is 8.75. The van der Waals surface area contributed by atoms with E-state index in [1.807, 2.05) is 12.1 Å². The zero-order valence-corrected chi connectivity index (χ0v) is 14.2. The van der Waals surface area contributed by atoms with Gasteiger partial charge in [0.15, 0.2) is 0 Å². The molecule has 0 saturated heterocycles. The highest BCUT2D eigenvalue weighted by Crippen LogP contribution is 2.47.